The number of nitrogens with one attached hydrogen (secondary N) is 2. The number of anilines is 2. The van der Waals surface area contributed by atoms with Gasteiger partial charge in [0.1, 0.15) is 5.82 Å². The Kier molecular flexibility index (Phi) is 7.25. The molecule has 1 aliphatic carbocycles. The van der Waals surface area contributed by atoms with E-state index in [4.69, 9.17) is 0 Å². The molecular weight excluding hydrogens is 389 g/mol. The van der Waals surface area contributed by atoms with E-state index < -0.39 is 6.04 Å². The summed E-state index contributed by atoms with van der Waals surface area (Å²) in [6, 6.07) is 8.55. The van der Waals surface area contributed by atoms with Gasteiger partial charge in [0.25, 0.3) is 0 Å². The Labute approximate surface area is 175 Å². The second kappa shape index (κ2) is 9.87. The van der Waals surface area contributed by atoms with E-state index >= 15 is 0 Å². The molecule has 0 aliphatic heterocycles. The Balaban J connectivity index is 1.64. The first kappa shape index (κ1) is 21.3. The zero-order valence-electron chi connectivity index (χ0n) is 16.9. The van der Waals surface area contributed by atoms with Gasteiger partial charge in [0, 0.05) is 30.6 Å². The number of nitrogens with zero attached hydrogens (tertiary/aromatic N) is 1. The molecule has 0 saturated heterocycles. The summed E-state index contributed by atoms with van der Waals surface area (Å²) in [7, 11) is 1.94. The Morgan fingerprint density at radius 2 is 2.00 bits per heavy atom. The molecule has 2 N–H and O–H groups in total. The number of hydrogen-bond acceptors (Lipinski definition) is 4. The molecule has 1 fully saturated rings. The molecule has 2 amide bonds. The van der Waals surface area contributed by atoms with Crippen molar-refractivity contribution in [3.63, 3.8) is 0 Å². The van der Waals surface area contributed by atoms with Crippen LogP contribution in [0.15, 0.2) is 35.7 Å². The smallest absolute Gasteiger partial charge is 0.226 e. The van der Waals surface area contributed by atoms with Crippen LogP contribution in [0.4, 0.5) is 15.8 Å². The molecule has 1 saturated carbocycles. The lowest BCUT2D eigenvalue weighted by Gasteiger charge is -2.33. The van der Waals surface area contributed by atoms with Crippen molar-refractivity contribution in [2.45, 2.75) is 57.5 Å². The van der Waals surface area contributed by atoms with Gasteiger partial charge in [0.05, 0.1) is 18.2 Å². The highest BCUT2D eigenvalue weighted by Gasteiger charge is 2.21. The van der Waals surface area contributed by atoms with Gasteiger partial charge in [-0.3, -0.25) is 9.59 Å². The number of benzene rings is 1. The monoisotopic (exact) mass is 417 g/mol. The molecule has 1 aromatic carbocycles. The normalized spacial score (nSPS) is 15.6. The molecule has 156 valence electrons. The number of rotatable bonds is 7. The highest BCUT2D eigenvalue weighted by atomic mass is 32.1. The van der Waals surface area contributed by atoms with Gasteiger partial charge in [0.2, 0.25) is 11.8 Å². The minimum absolute atomic E-state index is 0.0887. The Morgan fingerprint density at radius 3 is 2.62 bits per heavy atom. The second-order valence-electron chi connectivity index (χ2n) is 7.59. The van der Waals surface area contributed by atoms with Crippen LogP contribution in [-0.2, 0) is 9.59 Å². The molecule has 1 aromatic heterocycles. The molecule has 3 rings (SSSR count). The van der Waals surface area contributed by atoms with Crippen LogP contribution in [0.25, 0.3) is 0 Å². The van der Waals surface area contributed by atoms with E-state index in [1.165, 1.54) is 43.6 Å². The topological polar surface area (TPSA) is 61.4 Å². The lowest BCUT2D eigenvalue weighted by Crippen LogP contribution is -2.33. The van der Waals surface area contributed by atoms with E-state index in [2.05, 4.69) is 10.6 Å². The summed E-state index contributed by atoms with van der Waals surface area (Å²) in [5, 5.41) is 7.45. The summed E-state index contributed by atoms with van der Waals surface area (Å²) in [5.74, 6) is -0.810. The predicted molar refractivity (Wildman–Crippen MR) is 116 cm³/mol. The molecule has 1 aliphatic rings. The molecule has 7 heteroatoms. The number of hydrogen-bond donors (Lipinski definition) is 2. The van der Waals surface area contributed by atoms with Crippen LogP contribution in [0.1, 0.15) is 56.4 Å². The first-order valence-corrected chi connectivity index (χ1v) is 10.9. The van der Waals surface area contributed by atoms with Gasteiger partial charge in [-0.2, -0.15) is 0 Å². The molecule has 0 radical (unpaired) electrons. The van der Waals surface area contributed by atoms with Crippen molar-refractivity contribution in [2.24, 2.45) is 0 Å². The summed E-state index contributed by atoms with van der Waals surface area (Å²) >= 11 is 1.48. The van der Waals surface area contributed by atoms with Crippen molar-refractivity contribution in [3.05, 3.63) is 46.4 Å². The van der Waals surface area contributed by atoms with E-state index in [9.17, 15) is 14.0 Å². The summed E-state index contributed by atoms with van der Waals surface area (Å²) in [5.41, 5.74) is 0.977. The van der Waals surface area contributed by atoms with Crippen LogP contribution < -0.4 is 15.5 Å². The van der Waals surface area contributed by atoms with Gasteiger partial charge in [-0.05, 0) is 42.5 Å². The lowest BCUT2D eigenvalue weighted by molar-refractivity contribution is -0.120. The number of amides is 2. The number of carbonyl (C=O) groups excluding carboxylic acids is 2. The fourth-order valence-corrected chi connectivity index (χ4v) is 4.67. The molecule has 5 nitrogen and oxygen atoms in total. The highest BCUT2D eigenvalue weighted by molar-refractivity contribution is 7.10. The van der Waals surface area contributed by atoms with Crippen molar-refractivity contribution in [2.75, 3.05) is 17.3 Å². The predicted octanol–water partition coefficient (Wildman–Crippen LogP) is 4.86. The fourth-order valence-electron chi connectivity index (χ4n) is 3.89. The Hall–Kier alpha value is -2.41. The van der Waals surface area contributed by atoms with E-state index in [0.29, 0.717) is 17.4 Å². The van der Waals surface area contributed by atoms with E-state index in [0.717, 1.165) is 17.7 Å². The van der Waals surface area contributed by atoms with Gasteiger partial charge in [-0.25, -0.2) is 4.39 Å². The van der Waals surface area contributed by atoms with Crippen LogP contribution in [0.2, 0.25) is 0 Å². The van der Waals surface area contributed by atoms with Crippen molar-refractivity contribution in [1.82, 2.24) is 5.32 Å². The first-order valence-electron chi connectivity index (χ1n) is 10.1. The third kappa shape index (κ3) is 5.79. The average Bonchev–Trinajstić information content (AvgIpc) is 3.22. The molecular formula is C22H28FN3O2S. The Morgan fingerprint density at radius 1 is 1.24 bits per heavy atom. The molecule has 1 atom stereocenters. The molecule has 0 bridgehead atoms. The van der Waals surface area contributed by atoms with Crippen LogP contribution in [0.3, 0.4) is 0 Å². The van der Waals surface area contributed by atoms with Gasteiger partial charge in [-0.1, -0.05) is 25.3 Å². The van der Waals surface area contributed by atoms with Crippen LogP contribution in [-0.4, -0.2) is 24.9 Å². The van der Waals surface area contributed by atoms with Gasteiger partial charge in [-0.15, -0.1) is 11.3 Å². The standard InChI is InChI=1S/C22H28FN3O2S/c1-15(27)24-19(21-9-6-12-29-21)14-22(28)25-16-10-11-20(18(23)13-16)26(2)17-7-4-3-5-8-17/h6,9-13,17,19H,3-5,7-8,14H2,1-2H3,(H,24,27)(H,25,28). The maximum absolute atomic E-state index is 14.7. The van der Waals surface area contributed by atoms with Crippen molar-refractivity contribution >= 4 is 34.5 Å². The largest absolute Gasteiger partial charge is 0.369 e. The van der Waals surface area contributed by atoms with E-state index in [1.807, 2.05) is 29.5 Å². The highest BCUT2D eigenvalue weighted by Crippen LogP contribution is 2.29. The van der Waals surface area contributed by atoms with Crippen molar-refractivity contribution in [1.29, 1.82) is 0 Å². The maximum atomic E-state index is 14.7. The van der Waals surface area contributed by atoms with Crippen LogP contribution in [0, 0.1) is 5.82 Å². The number of carbonyl (C=O) groups is 2. The first-order chi connectivity index (χ1) is 13.9. The van der Waals surface area contributed by atoms with Crippen molar-refractivity contribution in [3.8, 4) is 0 Å². The summed E-state index contributed by atoms with van der Waals surface area (Å²) in [6.45, 7) is 1.43. The molecule has 1 unspecified atom stereocenters. The van der Waals surface area contributed by atoms with Gasteiger partial charge < -0.3 is 15.5 Å². The fraction of sp³-hybridized carbons (Fsp3) is 0.455. The second-order valence-corrected chi connectivity index (χ2v) is 8.57. The number of halogens is 1. The van der Waals surface area contributed by atoms with E-state index in [-0.39, 0.29) is 24.1 Å². The minimum Gasteiger partial charge on any atom is -0.369 e. The minimum atomic E-state index is -0.394. The average molecular weight is 418 g/mol. The third-order valence-electron chi connectivity index (χ3n) is 5.39. The van der Waals surface area contributed by atoms with Crippen LogP contribution >= 0.6 is 11.3 Å². The molecule has 2 aromatic rings. The molecule has 29 heavy (non-hydrogen) atoms. The van der Waals surface area contributed by atoms with Gasteiger partial charge in [0.15, 0.2) is 0 Å². The van der Waals surface area contributed by atoms with Crippen LogP contribution in [0.5, 0.6) is 0 Å². The summed E-state index contributed by atoms with van der Waals surface area (Å²) in [6.07, 6.45) is 5.88. The zero-order valence-corrected chi connectivity index (χ0v) is 17.7. The summed E-state index contributed by atoms with van der Waals surface area (Å²) < 4.78 is 14.7. The quantitative estimate of drug-likeness (QED) is 0.676. The number of thiophene rings is 1. The van der Waals surface area contributed by atoms with Gasteiger partial charge >= 0.3 is 0 Å². The SMILES string of the molecule is CC(=O)NC(CC(=O)Nc1ccc(N(C)C2CCCCC2)c(F)c1)c1cccs1. The maximum Gasteiger partial charge on any atom is 0.226 e. The van der Waals surface area contributed by atoms with E-state index in [1.54, 1.807) is 12.1 Å². The van der Waals surface area contributed by atoms with Crippen molar-refractivity contribution < 1.29 is 14.0 Å². The third-order valence-corrected chi connectivity index (χ3v) is 6.37. The zero-order chi connectivity index (χ0) is 20.8. The Bertz CT molecular complexity index is 835. The molecule has 1 heterocycles. The molecule has 0 spiro atoms. The summed E-state index contributed by atoms with van der Waals surface area (Å²) in [4.78, 5) is 26.9. The lowest BCUT2D eigenvalue weighted by atomic mass is 9.94.